The molecule has 0 aliphatic rings. The van der Waals surface area contributed by atoms with Crippen molar-refractivity contribution in [2.75, 3.05) is 20.3 Å². The molecule has 3 aromatic rings. The zero-order valence-corrected chi connectivity index (χ0v) is 13.8. The molecule has 0 aliphatic carbocycles. The third-order valence-electron chi connectivity index (χ3n) is 3.29. The van der Waals surface area contributed by atoms with E-state index in [0.29, 0.717) is 13.2 Å². The van der Waals surface area contributed by atoms with Gasteiger partial charge in [-0.25, -0.2) is 4.68 Å². The summed E-state index contributed by atoms with van der Waals surface area (Å²) in [5, 5.41) is 11.5. The number of nitrogens with zero attached hydrogens (tertiary/aromatic N) is 4. The van der Waals surface area contributed by atoms with Crippen LogP contribution < -0.4 is 14.2 Å². The largest absolute Gasteiger partial charge is 0.497 e. The average molecular weight is 338 g/mol. The number of aromatic nitrogens is 3. The van der Waals surface area contributed by atoms with Gasteiger partial charge in [0.15, 0.2) is 0 Å². The maximum atomic E-state index is 5.66. The van der Waals surface area contributed by atoms with Crippen molar-refractivity contribution in [2.45, 2.75) is 0 Å². The maximum Gasteiger partial charge on any atom is 0.141 e. The summed E-state index contributed by atoms with van der Waals surface area (Å²) >= 11 is 0. The molecule has 1 heterocycles. The number of hydrogen-bond acceptors (Lipinski definition) is 6. The van der Waals surface area contributed by atoms with Crippen molar-refractivity contribution in [2.24, 2.45) is 5.10 Å². The van der Waals surface area contributed by atoms with Crippen LogP contribution in [0, 0.1) is 0 Å². The highest BCUT2D eigenvalue weighted by atomic mass is 16.5. The van der Waals surface area contributed by atoms with E-state index >= 15 is 0 Å². The minimum absolute atomic E-state index is 0.448. The Hall–Kier alpha value is -3.35. The van der Waals surface area contributed by atoms with Gasteiger partial charge in [0.2, 0.25) is 0 Å². The topological polar surface area (TPSA) is 70.8 Å². The molecule has 0 bridgehead atoms. The zero-order valence-electron chi connectivity index (χ0n) is 13.8. The van der Waals surface area contributed by atoms with E-state index in [9.17, 15) is 0 Å². The summed E-state index contributed by atoms with van der Waals surface area (Å²) in [4.78, 5) is 0. The van der Waals surface area contributed by atoms with Crippen LogP contribution in [0.25, 0.3) is 0 Å². The Labute approximate surface area is 145 Å². The Morgan fingerprint density at radius 2 is 1.60 bits per heavy atom. The SMILES string of the molecule is COc1cccc(OCCOc2ccc(C=Nn3cnnc3)cc2)c1. The van der Waals surface area contributed by atoms with Crippen molar-refractivity contribution >= 4 is 6.21 Å². The standard InChI is InChI=1S/C18H18N4O3/c1-23-17-3-2-4-18(11-17)25-10-9-24-16-7-5-15(6-8-16)12-21-22-13-19-20-14-22/h2-8,11-14H,9-10H2,1H3. The van der Waals surface area contributed by atoms with Gasteiger partial charge in [0, 0.05) is 6.07 Å². The summed E-state index contributed by atoms with van der Waals surface area (Å²) in [6.07, 6.45) is 4.77. The molecule has 0 saturated carbocycles. The fourth-order valence-electron chi connectivity index (χ4n) is 2.05. The Balaban J connectivity index is 1.44. The van der Waals surface area contributed by atoms with Crippen LogP contribution in [0.3, 0.4) is 0 Å². The van der Waals surface area contributed by atoms with Crippen molar-refractivity contribution in [3.8, 4) is 17.2 Å². The molecular weight excluding hydrogens is 320 g/mol. The molecule has 0 amide bonds. The van der Waals surface area contributed by atoms with E-state index in [1.54, 1.807) is 13.3 Å². The predicted molar refractivity (Wildman–Crippen MR) is 93.4 cm³/mol. The Morgan fingerprint density at radius 3 is 2.32 bits per heavy atom. The molecule has 0 atom stereocenters. The van der Waals surface area contributed by atoms with Crippen molar-refractivity contribution < 1.29 is 14.2 Å². The predicted octanol–water partition coefficient (Wildman–Crippen LogP) is 2.63. The van der Waals surface area contributed by atoms with Crippen LogP contribution in [0.2, 0.25) is 0 Å². The first-order valence-corrected chi connectivity index (χ1v) is 7.72. The highest BCUT2D eigenvalue weighted by Crippen LogP contribution is 2.18. The smallest absolute Gasteiger partial charge is 0.141 e. The number of ether oxygens (including phenoxy) is 3. The van der Waals surface area contributed by atoms with Crippen LogP contribution in [0.4, 0.5) is 0 Å². The summed E-state index contributed by atoms with van der Waals surface area (Å²) in [6.45, 7) is 0.898. The molecule has 128 valence electrons. The van der Waals surface area contributed by atoms with E-state index in [0.717, 1.165) is 22.8 Å². The Bertz CT molecular complexity index is 801. The molecule has 0 spiro atoms. The molecule has 7 heteroatoms. The molecule has 25 heavy (non-hydrogen) atoms. The molecule has 0 unspecified atom stereocenters. The van der Waals surface area contributed by atoms with Gasteiger partial charge in [-0.05, 0) is 42.0 Å². The second kappa shape index (κ2) is 8.49. The number of methoxy groups -OCH3 is 1. The fourth-order valence-corrected chi connectivity index (χ4v) is 2.05. The van der Waals surface area contributed by atoms with Crippen LogP contribution >= 0.6 is 0 Å². The number of rotatable bonds is 8. The van der Waals surface area contributed by atoms with E-state index in [2.05, 4.69) is 15.3 Å². The molecular formula is C18H18N4O3. The summed E-state index contributed by atoms with van der Waals surface area (Å²) in [5.74, 6) is 2.29. The van der Waals surface area contributed by atoms with Gasteiger partial charge in [-0.3, -0.25) is 0 Å². The first-order chi connectivity index (χ1) is 12.3. The monoisotopic (exact) mass is 338 g/mol. The van der Waals surface area contributed by atoms with Crippen LogP contribution in [0.1, 0.15) is 5.56 Å². The molecule has 0 aliphatic heterocycles. The molecule has 1 aromatic heterocycles. The summed E-state index contributed by atoms with van der Waals surface area (Å²) in [6, 6.07) is 15.1. The second-order valence-corrected chi connectivity index (χ2v) is 5.03. The van der Waals surface area contributed by atoms with Crippen LogP contribution in [0.5, 0.6) is 17.2 Å². The van der Waals surface area contributed by atoms with E-state index < -0.39 is 0 Å². The van der Waals surface area contributed by atoms with Gasteiger partial charge in [0.1, 0.15) is 43.1 Å². The third kappa shape index (κ3) is 5.07. The quantitative estimate of drug-likeness (QED) is 0.466. The van der Waals surface area contributed by atoms with Gasteiger partial charge >= 0.3 is 0 Å². The van der Waals surface area contributed by atoms with Gasteiger partial charge < -0.3 is 14.2 Å². The lowest BCUT2D eigenvalue weighted by Gasteiger charge is -2.09. The highest BCUT2D eigenvalue weighted by Gasteiger charge is 1.98. The number of benzene rings is 2. The van der Waals surface area contributed by atoms with E-state index in [4.69, 9.17) is 14.2 Å². The van der Waals surface area contributed by atoms with Crippen LogP contribution in [-0.2, 0) is 0 Å². The van der Waals surface area contributed by atoms with Crippen molar-refractivity contribution in [3.63, 3.8) is 0 Å². The molecule has 0 radical (unpaired) electrons. The normalized spacial score (nSPS) is 10.8. The fraction of sp³-hybridized carbons (Fsp3) is 0.167. The minimum Gasteiger partial charge on any atom is -0.497 e. The van der Waals surface area contributed by atoms with E-state index in [1.165, 1.54) is 17.3 Å². The summed E-state index contributed by atoms with van der Waals surface area (Å²) in [7, 11) is 1.63. The summed E-state index contributed by atoms with van der Waals surface area (Å²) < 4.78 is 18.0. The average Bonchev–Trinajstić information content (AvgIpc) is 3.18. The zero-order chi connectivity index (χ0) is 17.3. The van der Waals surface area contributed by atoms with Gasteiger partial charge in [-0.1, -0.05) is 6.07 Å². The van der Waals surface area contributed by atoms with E-state index in [-0.39, 0.29) is 0 Å². The minimum atomic E-state index is 0.448. The molecule has 0 fully saturated rings. The lowest BCUT2D eigenvalue weighted by atomic mass is 10.2. The second-order valence-electron chi connectivity index (χ2n) is 5.03. The summed E-state index contributed by atoms with van der Waals surface area (Å²) in [5.41, 5.74) is 0.952. The molecule has 0 N–H and O–H groups in total. The Morgan fingerprint density at radius 1 is 0.920 bits per heavy atom. The third-order valence-corrected chi connectivity index (χ3v) is 3.29. The van der Waals surface area contributed by atoms with Crippen LogP contribution in [-0.4, -0.2) is 41.4 Å². The lowest BCUT2D eigenvalue weighted by molar-refractivity contribution is 0.216. The number of hydrogen-bond donors (Lipinski definition) is 0. The van der Waals surface area contributed by atoms with Gasteiger partial charge in [-0.15, -0.1) is 10.2 Å². The van der Waals surface area contributed by atoms with Gasteiger partial charge in [0.05, 0.1) is 13.3 Å². The van der Waals surface area contributed by atoms with E-state index in [1.807, 2.05) is 48.5 Å². The lowest BCUT2D eigenvalue weighted by Crippen LogP contribution is -2.09. The van der Waals surface area contributed by atoms with Crippen molar-refractivity contribution in [1.29, 1.82) is 0 Å². The van der Waals surface area contributed by atoms with Crippen molar-refractivity contribution in [3.05, 3.63) is 66.7 Å². The molecule has 2 aromatic carbocycles. The first-order valence-electron chi connectivity index (χ1n) is 7.72. The van der Waals surface area contributed by atoms with Gasteiger partial charge in [-0.2, -0.15) is 5.10 Å². The molecule has 3 rings (SSSR count). The van der Waals surface area contributed by atoms with Gasteiger partial charge in [0.25, 0.3) is 0 Å². The van der Waals surface area contributed by atoms with Crippen molar-refractivity contribution in [1.82, 2.24) is 14.9 Å². The van der Waals surface area contributed by atoms with Crippen LogP contribution in [0.15, 0.2) is 66.3 Å². The maximum absolute atomic E-state index is 5.66. The Kier molecular flexibility index (Phi) is 5.60. The first kappa shape index (κ1) is 16.5. The molecule has 0 saturated heterocycles. The highest BCUT2D eigenvalue weighted by molar-refractivity contribution is 5.79. The molecule has 7 nitrogen and oxygen atoms in total.